The minimum absolute atomic E-state index is 0.0240. The van der Waals surface area contributed by atoms with Gasteiger partial charge in [0.1, 0.15) is 0 Å². The van der Waals surface area contributed by atoms with Gasteiger partial charge in [-0.05, 0) is 37.7 Å². The van der Waals surface area contributed by atoms with Crippen LogP contribution in [0.25, 0.3) is 5.70 Å². The summed E-state index contributed by atoms with van der Waals surface area (Å²) in [5.74, 6) is -0.509. The predicted molar refractivity (Wildman–Crippen MR) is 79.6 cm³/mol. The third-order valence-corrected chi connectivity index (χ3v) is 4.68. The van der Waals surface area contributed by atoms with Gasteiger partial charge >= 0.3 is 5.97 Å². The molecular weight excluding hydrogens is 266 g/mol. The van der Waals surface area contributed by atoms with E-state index >= 15 is 0 Å². The highest BCUT2D eigenvalue weighted by Crippen LogP contribution is 2.35. The number of carbonyl (C=O) groups excluding carboxylic acids is 1. The van der Waals surface area contributed by atoms with Crippen molar-refractivity contribution < 1.29 is 14.7 Å². The number of rotatable bonds is 3. The summed E-state index contributed by atoms with van der Waals surface area (Å²) in [4.78, 5) is 25.2. The lowest BCUT2D eigenvalue weighted by molar-refractivity contribution is -0.143. The van der Waals surface area contributed by atoms with Gasteiger partial charge in [-0.3, -0.25) is 9.59 Å². The molecule has 110 valence electrons. The average molecular weight is 285 g/mol. The molecule has 1 heterocycles. The molecule has 1 aliphatic heterocycles. The topological polar surface area (TPSA) is 57.6 Å². The molecule has 1 aromatic rings. The second kappa shape index (κ2) is 5.35. The van der Waals surface area contributed by atoms with Gasteiger partial charge in [0.15, 0.2) is 0 Å². The van der Waals surface area contributed by atoms with E-state index in [0.717, 1.165) is 29.7 Å². The van der Waals surface area contributed by atoms with E-state index in [1.54, 1.807) is 4.90 Å². The molecular formula is C17H19NO3. The van der Waals surface area contributed by atoms with Gasteiger partial charge in [-0.1, -0.05) is 24.8 Å². The first-order valence-corrected chi connectivity index (χ1v) is 7.41. The zero-order valence-electron chi connectivity index (χ0n) is 11.9. The number of amides is 1. The number of hydrogen-bond acceptors (Lipinski definition) is 2. The normalized spacial score (nSPS) is 25.0. The Hall–Kier alpha value is -2.10. The number of benzene rings is 1. The van der Waals surface area contributed by atoms with Crippen LogP contribution in [-0.4, -0.2) is 28.4 Å². The van der Waals surface area contributed by atoms with Gasteiger partial charge in [0.05, 0.1) is 5.92 Å². The van der Waals surface area contributed by atoms with E-state index < -0.39 is 5.97 Å². The van der Waals surface area contributed by atoms with Crippen LogP contribution in [0.4, 0.5) is 0 Å². The number of hydrogen-bond donors (Lipinski definition) is 1. The van der Waals surface area contributed by atoms with Gasteiger partial charge in [-0.15, -0.1) is 0 Å². The summed E-state index contributed by atoms with van der Waals surface area (Å²) in [6.45, 7) is 4.70. The number of aliphatic carboxylic acids is 1. The first kappa shape index (κ1) is 13.9. The van der Waals surface area contributed by atoms with E-state index in [0.29, 0.717) is 25.3 Å². The van der Waals surface area contributed by atoms with E-state index in [9.17, 15) is 9.59 Å². The van der Waals surface area contributed by atoms with Crippen molar-refractivity contribution in [3.63, 3.8) is 0 Å². The molecule has 1 fully saturated rings. The lowest BCUT2D eigenvalue weighted by Gasteiger charge is -2.29. The molecule has 1 saturated carbocycles. The highest BCUT2D eigenvalue weighted by molar-refractivity contribution is 6.08. The molecule has 2 aliphatic rings. The van der Waals surface area contributed by atoms with Crippen molar-refractivity contribution in [2.24, 2.45) is 11.8 Å². The molecule has 21 heavy (non-hydrogen) atoms. The molecule has 0 aromatic heterocycles. The van der Waals surface area contributed by atoms with Crippen molar-refractivity contribution in [1.29, 1.82) is 0 Å². The molecule has 1 N–H and O–H groups in total. The molecule has 4 heteroatoms. The van der Waals surface area contributed by atoms with Crippen molar-refractivity contribution >= 4 is 17.6 Å². The zero-order chi connectivity index (χ0) is 15.0. The van der Waals surface area contributed by atoms with Gasteiger partial charge in [0.25, 0.3) is 5.91 Å². The zero-order valence-corrected chi connectivity index (χ0v) is 11.9. The fourth-order valence-corrected chi connectivity index (χ4v) is 3.38. The molecule has 0 radical (unpaired) electrons. The maximum Gasteiger partial charge on any atom is 0.306 e. The van der Waals surface area contributed by atoms with Crippen LogP contribution in [0.2, 0.25) is 0 Å². The smallest absolute Gasteiger partial charge is 0.306 e. The quantitative estimate of drug-likeness (QED) is 0.928. The molecule has 4 nitrogen and oxygen atoms in total. The summed E-state index contributed by atoms with van der Waals surface area (Å²) in [6.07, 6.45) is 3.15. The predicted octanol–water partition coefficient (Wildman–Crippen LogP) is 3.00. The number of carboxylic acids is 1. The first-order chi connectivity index (χ1) is 10.1. The highest BCUT2D eigenvalue weighted by Gasteiger charge is 2.34. The summed E-state index contributed by atoms with van der Waals surface area (Å²) in [6, 6.07) is 7.55. The third-order valence-electron chi connectivity index (χ3n) is 4.68. The Morgan fingerprint density at radius 3 is 2.38 bits per heavy atom. The van der Waals surface area contributed by atoms with Crippen LogP contribution in [0.3, 0.4) is 0 Å². The Morgan fingerprint density at radius 1 is 1.19 bits per heavy atom. The van der Waals surface area contributed by atoms with Crippen molar-refractivity contribution in [3.8, 4) is 0 Å². The molecule has 0 saturated heterocycles. The third kappa shape index (κ3) is 2.46. The average Bonchev–Trinajstić information content (AvgIpc) is 2.73. The van der Waals surface area contributed by atoms with Crippen LogP contribution in [0.15, 0.2) is 30.8 Å². The van der Waals surface area contributed by atoms with E-state index in [1.165, 1.54) is 0 Å². The van der Waals surface area contributed by atoms with E-state index in [2.05, 4.69) is 6.58 Å². The number of nitrogens with zero attached hydrogens (tertiary/aromatic N) is 1. The van der Waals surface area contributed by atoms with E-state index in [1.807, 2.05) is 24.3 Å². The second-order valence-corrected chi connectivity index (χ2v) is 5.96. The minimum Gasteiger partial charge on any atom is -0.481 e. The maximum absolute atomic E-state index is 12.4. The molecule has 1 aromatic carbocycles. The fourth-order valence-electron chi connectivity index (χ4n) is 3.38. The Labute approximate surface area is 124 Å². The molecule has 1 amide bonds. The van der Waals surface area contributed by atoms with Crippen molar-refractivity contribution in [1.82, 2.24) is 4.90 Å². The van der Waals surface area contributed by atoms with Crippen LogP contribution in [0.1, 0.15) is 41.6 Å². The van der Waals surface area contributed by atoms with Crippen LogP contribution in [0, 0.1) is 11.8 Å². The maximum atomic E-state index is 12.4. The highest BCUT2D eigenvalue weighted by atomic mass is 16.4. The fraction of sp³-hybridized carbons (Fsp3) is 0.412. The van der Waals surface area contributed by atoms with Gasteiger partial charge < -0.3 is 10.0 Å². The summed E-state index contributed by atoms with van der Waals surface area (Å²) < 4.78 is 0. The van der Waals surface area contributed by atoms with Gasteiger partial charge in [0, 0.05) is 23.4 Å². The standard InChI is InChI=1S/C17H19NO3/c1-11-14-4-2-3-5-15(14)16(19)18(11)10-12-6-8-13(9-7-12)17(20)21/h2-5,12-13H,1,6-10H2,(H,20,21). The van der Waals surface area contributed by atoms with Crippen molar-refractivity contribution in [2.45, 2.75) is 25.7 Å². The van der Waals surface area contributed by atoms with Crippen LogP contribution in [-0.2, 0) is 4.79 Å². The lowest BCUT2D eigenvalue weighted by atomic mass is 9.82. The summed E-state index contributed by atoms with van der Waals surface area (Å²) >= 11 is 0. The number of carboxylic acid groups (broad SMARTS) is 1. The van der Waals surface area contributed by atoms with Gasteiger partial charge in [-0.25, -0.2) is 0 Å². The van der Waals surface area contributed by atoms with Gasteiger partial charge in [0.2, 0.25) is 0 Å². The summed E-state index contributed by atoms with van der Waals surface area (Å²) in [5, 5.41) is 9.03. The molecule has 0 atom stereocenters. The molecule has 3 rings (SSSR count). The minimum atomic E-state index is -0.692. The van der Waals surface area contributed by atoms with Crippen LogP contribution >= 0.6 is 0 Å². The molecule has 0 spiro atoms. The Balaban J connectivity index is 1.67. The monoisotopic (exact) mass is 285 g/mol. The van der Waals surface area contributed by atoms with Crippen molar-refractivity contribution in [3.05, 3.63) is 42.0 Å². The Kier molecular flexibility index (Phi) is 3.53. The largest absolute Gasteiger partial charge is 0.481 e. The molecule has 0 unspecified atom stereocenters. The van der Waals surface area contributed by atoms with E-state index in [-0.39, 0.29) is 11.8 Å². The summed E-state index contributed by atoms with van der Waals surface area (Å²) in [7, 11) is 0. The Morgan fingerprint density at radius 2 is 1.81 bits per heavy atom. The Bertz CT molecular complexity index is 565. The SMILES string of the molecule is C=C1c2ccccc2C(=O)N1CC1CCC(C(=O)O)CC1. The number of fused-ring (bicyclic) bond motifs is 1. The lowest BCUT2D eigenvalue weighted by Crippen LogP contribution is -2.32. The van der Waals surface area contributed by atoms with Gasteiger partial charge in [-0.2, -0.15) is 0 Å². The molecule has 0 bridgehead atoms. The molecule has 1 aliphatic carbocycles. The second-order valence-electron chi connectivity index (χ2n) is 5.96. The van der Waals surface area contributed by atoms with E-state index in [4.69, 9.17) is 5.11 Å². The first-order valence-electron chi connectivity index (χ1n) is 7.41. The number of carbonyl (C=O) groups is 2. The van der Waals surface area contributed by atoms with Crippen LogP contribution < -0.4 is 0 Å². The van der Waals surface area contributed by atoms with Crippen LogP contribution in [0.5, 0.6) is 0 Å². The van der Waals surface area contributed by atoms with Crippen molar-refractivity contribution in [2.75, 3.05) is 6.54 Å². The summed E-state index contributed by atoms with van der Waals surface area (Å²) in [5.41, 5.74) is 2.42.